The van der Waals surface area contributed by atoms with Crippen LogP contribution in [0.1, 0.15) is 33.3 Å². The molecule has 1 unspecified atom stereocenters. The molecule has 2 N–H and O–H groups in total. The van der Waals surface area contributed by atoms with Crippen LogP contribution in [0.4, 0.5) is 0 Å². The molecule has 0 aromatic heterocycles. The van der Waals surface area contributed by atoms with Crippen molar-refractivity contribution in [2.24, 2.45) is 5.73 Å². The molecule has 1 rings (SSSR count). The molecule has 0 spiro atoms. The van der Waals surface area contributed by atoms with Gasteiger partial charge in [0.25, 0.3) is 0 Å². The van der Waals surface area contributed by atoms with E-state index < -0.39 is 0 Å². The van der Waals surface area contributed by atoms with Gasteiger partial charge in [0.05, 0.1) is 7.11 Å². The maximum atomic E-state index is 6.49. The van der Waals surface area contributed by atoms with Gasteiger partial charge < -0.3 is 10.5 Å². The lowest BCUT2D eigenvalue weighted by Gasteiger charge is -2.42. The van der Waals surface area contributed by atoms with Crippen LogP contribution in [0.15, 0.2) is 22.7 Å². The maximum Gasteiger partial charge on any atom is 0.119 e. The Morgan fingerprint density at radius 1 is 1.30 bits per heavy atom. The summed E-state index contributed by atoms with van der Waals surface area (Å²) in [6.45, 7) is 10.8. The van der Waals surface area contributed by atoms with Crippen molar-refractivity contribution < 1.29 is 4.74 Å². The molecular formula is C16H27BrN2O. The molecule has 1 atom stereocenters. The summed E-state index contributed by atoms with van der Waals surface area (Å²) in [6.07, 6.45) is 0.821. The minimum atomic E-state index is -0.0357. The fourth-order valence-electron chi connectivity index (χ4n) is 2.59. The van der Waals surface area contributed by atoms with Gasteiger partial charge in [-0.25, -0.2) is 0 Å². The predicted molar refractivity (Wildman–Crippen MR) is 89.4 cm³/mol. The first-order valence-corrected chi connectivity index (χ1v) is 7.99. The molecule has 0 aliphatic heterocycles. The molecule has 1 aromatic carbocycles. The van der Waals surface area contributed by atoms with Gasteiger partial charge in [-0.3, -0.25) is 4.90 Å². The lowest BCUT2D eigenvalue weighted by molar-refractivity contribution is 0.106. The smallest absolute Gasteiger partial charge is 0.119 e. The average molecular weight is 343 g/mol. The highest BCUT2D eigenvalue weighted by Crippen LogP contribution is 2.27. The van der Waals surface area contributed by atoms with Gasteiger partial charge in [-0.15, -0.1) is 0 Å². The van der Waals surface area contributed by atoms with Crippen LogP contribution >= 0.6 is 15.9 Å². The molecule has 114 valence electrons. The Bertz CT molecular complexity index is 430. The van der Waals surface area contributed by atoms with E-state index in [0.717, 1.165) is 29.7 Å². The first kappa shape index (κ1) is 17.5. The number of benzene rings is 1. The predicted octanol–water partition coefficient (Wildman–Crippen LogP) is 3.45. The van der Waals surface area contributed by atoms with E-state index in [4.69, 9.17) is 10.5 Å². The van der Waals surface area contributed by atoms with Gasteiger partial charge in [-0.2, -0.15) is 0 Å². The minimum Gasteiger partial charge on any atom is -0.497 e. The topological polar surface area (TPSA) is 38.5 Å². The number of hydrogen-bond donors (Lipinski definition) is 1. The fourth-order valence-corrected chi connectivity index (χ4v) is 3.00. The number of ether oxygens (including phenoxy) is 1. The summed E-state index contributed by atoms with van der Waals surface area (Å²) in [5, 5.41) is 0. The monoisotopic (exact) mass is 342 g/mol. The molecule has 1 aromatic rings. The van der Waals surface area contributed by atoms with Crippen LogP contribution in [-0.4, -0.2) is 36.7 Å². The molecule has 0 saturated carbocycles. The Balaban J connectivity index is 2.92. The van der Waals surface area contributed by atoms with Gasteiger partial charge in [0.1, 0.15) is 5.75 Å². The van der Waals surface area contributed by atoms with E-state index in [-0.39, 0.29) is 11.6 Å². The number of rotatable bonds is 7. The Hall–Kier alpha value is -0.580. The summed E-state index contributed by atoms with van der Waals surface area (Å²) < 4.78 is 6.38. The summed E-state index contributed by atoms with van der Waals surface area (Å²) in [6, 6.07) is 6.09. The first-order valence-electron chi connectivity index (χ1n) is 7.19. The zero-order valence-electron chi connectivity index (χ0n) is 13.2. The molecule has 4 heteroatoms. The van der Waals surface area contributed by atoms with Gasteiger partial charge in [0.15, 0.2) is 0 Å². The van der Waals surface area contributed by atoms with Crippen molar-refractivity contribution in [2.75, 3.05) is 20.2 Å². The maximum absolute atomic E-state index is 6.49. The van der Waals surface area contributed by atoms with Crippen molar-refractivity contribution >= 4 is 15.9 Å². The summed E-state index contributed by atoms with van der Waals surface area (Å²) >= 11 is 3.60. The Labute approximate surface area is 131 Å². The highest BCUT2D eigenvalue weighted by molar-refractivity contribution is 9.10. The Kier molecular flexibility index (Phi) is 6.49. The standard InChI is InChI=1S/C16H27BrN2O/c1-6-19(7-2)16(3,4)15(18)11-12-10-13(20-5)8-9-14(12)17/h8-10,15H,6-7,11,18H2,1-5H3. The average Bonchev–Trinajstić information content (AvgIpc) is 2.42. The highest BCUT2D eigenvalue weighted by atomic mass is 79.9. The van der Waals surface area contributed by atoms with E-state index in [1.54, 1.807) is 7.11 Å². The molecule has 0 amide bonds. The van der Waals surface area contributed by atoms with E-state index in [1.165, 1.54) is 5.56 Å². The second-order valence-electron chi connectivity index (χ2n) is 5.59. The summed E-state index contributed by atoms with van der Waals surface area (Å²) in [4.78, 5) is 2.41. The van der Waals surface area contributed by atoms with Crippen LogP contribution in [0.25, 0.3) is 0 Å². The van der Waals surface area contributed by atoms with Crippen LogP contribution in [0.3, 0.4) is 0 Å². The third-order valence-electron chi connectivity index (χ3n) is 4.18. The minimum absolute atomic E-state index is 0.0357. The molecule has 0 aliphatic carbocycles. The van der Waals surface area contributed by atoms with Gasteiger partial charge >= 0.3 is 0 Å². The summed E-state index contributed by atoms with van der Waals surface area (Å²) in [5.41, 5.74) is 7.65. The van der Waals surface area contributed by atoms with E-state index in [9.17, 15) is 0 Å². The van der Waals surface area contributed by atoms with E-state index in [1.807, 2.05) is 12.1 Å². The van der Waals surface area contributed by atoms with Crippen molar-refractivity contribution in [2.45, 2.75) is 45.7 Å². The number of halogens is 1. The highest BCUT2D eigenvalue weighted by Gasteiger charge is 2.31. The largest absolute Gasteiger partial charge is 0.497 e. The van der Waals surface area contributed by atoms with E-state index >= 15 is 0 Å². The van der Waals surface area contributed by atoms with Crippen molar-refractivity contribution in [1.29, 1.82) is 0 Å². The molecule has 0 fully saturated rings. The quantitative estimate of drug-likeness (QED) is 0.824. The van der Waals surface area contributed by atoms with Crippen LogP contribution in [0.2, 0.25) is 0 Å². The molecule has 0 saturated heterocycles. The zero-order chi connectivity index (χ0) is 15.3. The molecule has 0 heterocycles. The molecule has 0 aliphatic rings. The van der Waals surface area contributed by atoms with Crippen LogP contribution in [0.5, 0.6) is 5.75 Å². The fraction of sp³-hybridized carbons (Fsp3) is 0.625. The van der Waals surface area contributed by atoms with Gasteiger partial charge in [-0.1, -0.05) is 29.8 Å². The lowest BCUT2D eigenvalue weighted by Crippen LogP contribution is -2.56. The molecule has 0 radical (unpaired) electrons. The van der Waals surface area contributed by atoms with E-state index in [2.05, 4.69) is 54.6 Å². The number of nitrogens with zero attached hydrogens (tertiary/aromatic N) is 1. The van der Waals surface area contributed by atoms with E-state index in [0.29, 0.717) is 0 Å². The summed E-state index contributed by atoms with van der Waals surface area (Å²) in [5.74, 6) is 0.871. The van der Waals surface area contributed by atoms with Gasteiger partial charge in [-0.05, 0) is 57.1 Å². The Morgan fingerprint density at radius 2 is 1.90 bits per heavy atom. The van der Waals surface area contributed by atoms with Crippen LogP contribution in [-0.2, 0) is 6.42 Å². The summed E-state index contributed by atoms with van der Waals surface area (Å²) in [7, 11) is 1.69. The third-order valence-corrected chi connectivity index (χ3v) is 4.95. The van der Waals surface area contributed by atoms with Crippen LogP contribution in [0, 0.1) is 0 Å². The molecule has 3 nitrogen and oxygen atoms in total. The SMILES string of the molecule is CCN(CC)C(C)(C)C(N)Cc1cc(OC)ccc1Br. The normalized spacial score (nSPS) is 13.6. The van der Waals surface area contributed by atoms with Crippen molar-refractivity contribution in [3.63, 3.8) is 0 Å². The van der Waals surface area contributed by atoms with Crippen molar-refractivity contribution in [3.8, 4) is 5.75 Å². The molecule has 20 heavy (non-hydrogen) atoms. The second kappa shape index (κ2) is 7.43. The van der Waals surface area contributed by atoms with Crippen molar-refractivity contribution in [3.05, 3.63) is 28.2 Å². The van der Waals surface area contributed by atoms with Gasteiger partial charge in [0, 0.05) is 16.1 Å². The number of hydrogen-bond acceptors (Lipinski definition) is 3. The Morgan fingerprint density at radius 3 is 2.40 bits per heavy atom. The zero-order valence-corrected chi connectivity index (χ0v) is 14.8. The molecule has 0 bridgehead atoms. The third kappa shape index (κ3) is 3.96. The van der Waals surface area contributed by atoms with Gasteiger partial charge in [0.2, 0.25) is 0 Å². The first-order chi connectivity index (χ1) is 9.36. The van der Waals surface area contributed by atoms with Crippen molar-refractivity contribution in [1.82, 2.24) is 4.90 Å². The molecular weight excluding hydrogens is 316 g/mol. The number of likely N-dealkylation sites (N-methyl/N-ethyl adjacent to an activating group) is 1. The second-order valence-corrected chi connectivity index (χ2v) is 6.45. The number of methoxy groups -OCH3 is 1. The van der Waals surface area contributed by atoms with Crippen LogP contribution < -0.4 is 10.5 Å². The number of nitrogens with two attached hydrogens (primary N) is 1. The lowest BCUT2D eigenvalue weighted by atomic mass is 9.88.